The van der Waals surface area contributed by atoms with Gasteiger partial charge in [-0.3, -0.25) is 9.59 Å². The van der Waals surface area contributed by atoms with Crippen molar-refractivity contribution in [2.24, 2.45) is 0 Å². The minimum Gasteiger partial charge on any atom is -0.478 e. The average Bonchev–Trinajstić information content (AvgIpc) is 2.85. The molecule has 180 valence electrons. The molecule has 0 aliphatic rings. The molecule has 0 aliphatic heterocycles. The molecule has 0 atom stereocenters. The molecule has 3 rings (SSSR count). The summed E-state index contributed by atoms with van der Waals surface area (Å²) in [6.45, 7) is 1.13. The van der Waals surface area contributed by atoms with Gasteiger partial charge in [0.25, 0.3) is 0 Å². The van der Waals surface area contributed by atoms with Gasteiger partial charge >= 0.3 is 12.0 Å². The van der Waals surface area contributed by atoms with Crippen molar-refractivity contribution in [3.05, 3.63) is 90.0 Å². The van der Waals surface area contributed by atoms with Crippen LogP contribution in [0, 0.1) is 6.92 Å². The molecule has 0 fully saturated rings. The number of amides is 4. The fourth-order valence-corrected chi connectivity index (χ4v) is 3.32. The first-order valence-electron chi connectivity index (χ1n) is 10.8. The highest BCUT2D eigenvalue weighted by Gasteiger charge is 2.23. The van der Waals surface area contributed by atoms with E-state index in [1.165, 1.54) is 29.2 Å². The van der Waals surface area contributed by atoms with Crippen molar-refractivity contribution in [3.8, 4) is 0 Å². The van der Waals surface area contributed by atoms with Gasteiger partial charge in [-0.05, 0) is 55.0 Å². The van der Waals surface area contributed by atoms with E-state index in [-0.39, 0.29) is 17.8 Å². The Bertz CT molecular complexity index is 1230. The Morgan fingerprint density at radius 1 is 0.829 bits per heavy atom. The lowest BCUT2D eigenvalue weighted by molar-refractivity contribution is -0.121. The van der Waals surface area contributed by atoms with Crippen molar-refractivity contribution in [3.63, 3.8) is 0 Å². The van der Waals surface area contributed by atoms with E-state index in [2.05, 4.69) is 10.6 Å². The number of carboxylic acid groups (broad SMARTS) is 1. The second-order valence-electron chi connectivity index (χ2n) is 7.80. The SMILES string of the molecule is Cc1cccc(NC(=O)NCC(=O)N(CC(=O)N(C)c2ccccc2)c2cccc(C(=O)O)c2)c1. The third-order valence-electron chi connectivity index (χ3n) is 5.19. The number of carbonyl (C=O) groups is 4. The van der Waals surface area contributed by atoms with Crippen molar-refractivity contribution in [1.29, 1.82) is 0 Å². The van der Waals surface area contributed by atoms with E-state index in [9.17, 15) is 24.3 Å². The van der Waals surface area contributed by atoms with Crippen LogP contribution in [0.25, 0.3) is 0 Å². The van der Waals surface area contributed by atoms with Crippen LogP contribution < -0.4 is 20.4 Å². The second-order valence-corrected chi connectivity index (χ2v) is 7.80. The zero-order valence-corrected chi connectivity index (χ0v) is 19.4. The number of para-hydroxylation sites is 1. The summed E-state index contributed by atoms with van der Waals surface area (Å²) < 4.78 is 0. The normalized spacial score (nSPS) is 10.2. The van der Waals surface area contributed by atoms with Gasteiger partial charge < -0.3 is 25.5 Å². The Balaban J connectivity index is 1.76. The van der Waals surface area contributed by atoms with E-state index in [0.29, 0.717) is 11.4 Å². The van der Waals surface area contributed by atoms with Gasteiger partial charge in [-0.2, -0.15) is 0 Å². The van der Waals surface area contributed by atoms with E-state index < -0.39 is 30.4 Å². The maximum absolute atomic E-state index is 13.1. The zero-order chi connectivity index (χ0) is 25.4. The monoisotopic (exact) mass is 474 g/mol. The summed E-state index contributed by atoms with van der Waals surface area (Å²) in [6.07, 6.45) is 0. The summed E-state index contributed by atoms with van der Waals surface area (Å²) in [5, 5.41) is 14.5. The Hall–Kier alpha value is -4.66. The van der Waals surface area contributed by atoms with Gasteiger partial charge in [0.15, 0.2) is 0 Å². The van der Waals surface area contributed by atoms with Crippen molar-refractivity contribution in [1.82, 2.24) is 5.32 Å². The average molecular weight is 475 g/mol. The summed E-state index contributed by atoms with van der Waals surface area (Å²) in [5.74, 6) is -2.14. The zero-order valence-electron chi connectivity index (χ0n) is 19.4. The van der Waals surface area contributed by atoms with Gasteiger partial charge in [-0.15, -0.1) is 0 Å². The Kier molecular flexibility index (Phi) is 8.18. The molecule has 9 heteroatoms. The highest BCUT2D eigenvalue weighted by atomic mass is 16.4. The van der Waals surface area contributed by atoms with E-state index in [1.54, 1.807) is 49.5 Å². The van der Waals surface area contributed by atoms with Crippen LogP contribution in [0.2, 0.25) is 0 Å². The molecule has 0 radical (unpaired) electrons. The summed E-state index contributed by atoms with van der Waals surface area (Å²) in [7, 11) is 1.58. The summed E-state index contributed by atoms with van der Waals surface area (Å²) in [5.41, 5.74) is 2.37. The van der Waals surface area contributed by atoms with Crippen molar-refractivity contribution in [2.75, 3.05) is 35.3 Å². The van der Waals surface area contributed by atoms with Crippen molar-refractivity contribution in [2.45, 2.75) is 6.92 Å². The standard InChI is InChI=1S/C26H26N4O5/c1-18-8-6-10-20(14-18)28-26(35)27-16-23(31)30(22-13-7-9-19(15-22)25(33)34)17-24(32)29(2)21-11-4-3-5-12-21/h3-15H,16-17H2,1-2H3,(H,33,34)(H2,27,28,35). The van der Waals surface area contributed by atoms with Crippen LogP contribution in [-0.4, -0.2) is 49.1 Å². The molecule has 0 unspecified atom stereocenters. The van der Waals surface area contributed by atoms with Crippen LogP contribution in [0.1, 0.15) is 15.9 Å². The van der Waals surface area contributed by atoms with Gasteiger partial charge in [-0.1, -0.05) is 36.4 Å². The molecule has 3 aromatic carbocycles. The Labute approximate surface area is 203 Å². The quantitative estimate of drug-likeness (QED) is 0.462. The number of likely N-dealkylation sites (N-methyl/N-ethyl adjacent to an activating group) is 1. The smallest absolute Gasteiger partial charge is 0.335 e. The van der Waals surface area contributed by atoms with Crippen LogP contribution >= 0.6 is 0 Å². The lowest BCUT2D eigenvalue weighted by atomic mass is 10.2. The molecule has 3 N–H and O–H groups in total. The molecule has 0 aliphatic carbocycles. The number of benzene rings is 3. The number of aryl methyl sites for hydroxylation is 1. The maximum atomic E-state index is 13.1. The number of urea groups is 1. The number of nitrogens with one attached hydrogen (secondary N) is 2. The van der Waals surface area contributed by atoms with Gasteiger partial charge in [0.05, 0.1) is 12.1 Å². The van der Waals surface area contributed by atoms with Crippen LogP contribution in [0.15, 0.2) is 78.9 Å². The first kappa shape index (κ1) is 25.0. The number of aromatic carboxylic acids is 1. The van der Waals surface area contributed by atoms with E-state index >= 15 is 0 Å². The molecular weight excluding hydrogens is 448 g/mol. The largest absolute Gasteiger partial charge is 0.478 e. The van der Waals surface area contributed by atoms with E-state index in [4.69, 9.17) is 0 Å². The second kappa shape index (κ2) is 11.5. The summed E-state index contributed by atoms with van der Waals surface area (Å²) in [4.78, 5) is 52.4. The molecule has 0 bridgehead atoms. The summed E-state index contributed by atoms with van der Waals surface area (Å²) in [6, 6.07) is 21.2. The van der Waals surface area contributed by atoms with Gasteiger partial charge in [0, 0.05) is 24.1 Å². The van der Waals surface area contributed by atoms with Crippen LogP contribution in [0.4, 0.5) is 21.9 Å². The minimum absolute atomic E-state index is 0.0330. The van der Waals surface area contributed by atoms with Gasteiger partial charge in [0.2, 0.25) is 11.8 Å². The van der Waals surface area contributed by atoms with Gasteiger partial charge in [0.1, 0.15) is 6.54 Å². The molecule has 0 spiro atoms. The molecule has 0 saturated heterocycles. The molecule has 35 heavy (non-hydrogen) atoms. The molecule has 0 aromatic heterocycles. The number of hydrogen-bond acceptors (Lipinski definition) is 4. The molecule has 4 amide bonds. The number of anilines is 3. The highest BCUT2D eigenvalue weighted by molar-refractivity contribution is 6.05. The fraction of sp³-hybridized carbons (Fsp3) is 0.154. The van der Waals surface area contributed by atoms with Gasteiger partial charge in [-0.25, -0.2) is 9.59 Å². The van der Waals surface area contributed by atoms with Crippen LogP contribution in [0.3, 0.4) is 0 Å². The predicted octanol–water partition coefficient (Wildman–Crippen LogP) is 3.51. The molecule has 0 heterocycles. The molecular formula is C26H26N4O5. The molecule has 0 saturated carbocycles. The first-order chi connectivity index (χ1) is 16.7. The lowest BCUT2D eigenvalue weighted by Crippen LogP contribution is -2.46. The maximum Gasteiger partial charge on any atom is 0.335 e. The number of carboxylic acids is 1. The lowest BCUT2D eigenvalue weighted by Gasteiger charge is -2.26. The fourth-order valence-electron chi connectivity index (χ4n) is 3.32. The minimum atomic E-state index is -1.16. The number of carbonyl (C=O) groups excluding carboxylic acids is 3. The highest BCUT2D eigenvalue weighted by Crippen LogP contribution is 2.19. The van der Waals surface area contributed by atoms with Crippen molar-refractivity contribution < 1.29 is 24.3 Å². The number of nitrogens with zero attached hydrogens (tertiary/aromatic N) is 2. The molecule has 9 nitrogen and oxygen atoms in total. The third kappa shape index (κ3) is 6.91. The van der Waals surface area contributed by atoms with Crippen molar-refractivity contribution >= 4 is 40.9 Å². The third-order valence-corrected chi connectivity index (χ3v) is 5.19. The Morgan fingerprint density at radius 2 is 1.51 bits per heavy atom. The first-order valence-corrected chi connectivity index (χ1v) is 10.8. The van der Waals surface area contributed by atoms with Crippen LogP contribution in [-0.2, 0) is 9.59 Å². The number of hydrogen-bond donors (Lipinski definition) is 3. The predicted molar refractivity (Wildman–Crippen MR) is 134 cm³/mol. The Morgan fingerprint density at radius 3 is 2.20 bits per heavy atom. The van der Waals surface area contributed by atoms with E-state index in [0.717, 1.165) is 10.5 Å². The summed E-state index contributed by atoms with van der Waals surface area (Å²) >= 11 is 0. The topological polar surface area (TPSA) is 119 Å². The molecule has 3 aromatic rings. The van der Waals surface area contributed by atoms with E-state index in [1.807, 2.05) is 19.1 Å². The van der Waals surface area contributed by atoms with Crippen LogP contribution in [0.5, 0.6) is 0 Å². The number of rotatable bonds is 8.